The lowest BCUT2D eigenvalue weighted by atomic mass is 10.0. The first-order valence-corrected chi connectivity index (χ1v) is 5.06. The molecule has 16 heavy (non-hydrogen) atoms. The molecule has 0 amide bonds. The van der Waals surface area contributed by atoms with E-state index in [2.05, 4.69) is 20.8 Å². The number of aromatic hydroxyl groups is 1. The zero-order valence-corrected chi connectivity index (χ0v) is 9.60. The van der Waals surface area contributed by atoms with Crippen LogP contribution in [0.5, 0.6) is 5.75 Å². The quantitative estimate of drug-likeness (QED) is 0.844. The van der Waals surface area contributed by atoms with Gasteiger partial charge in [-0.15, -0.1) is 0 Å². The molecule has 0 aliphatic carbocycles. The lowest BCUT2D eigenvalue weighted by Crippen LogP contribution is -2.12. The van der Waals surface area contributed by atoms with Crippen molar-refractivity contribution in [3.8, 4) is 5.75 Å². The fourth-order valence-electron chi connectivity index (χ4n) is 1.24. The largest absolute Gasteiger partial charge is 0.507 e. The van der Waals surface area contributed by atoms with Crippen LogP contribution in [-0.4, -0.2) is 11.7 Å². The molecule has 0 saturated heterocycles. The summed E-state index contributed by atoms with van der Waals surface area (Å²) < 4.78 is 38.0. The monoisotopic (exact) mass is 299 g/mol. The fraction of sp³-hybridized carbons (Fsp3) is 0.333. The molecule has 3 nitrogen and oxygen atoms in total. The second kappa shape index (κ2) is 5.03. The Morgan fingerprint density at radius 3 is 2.50 bits per heavy atom. The zero-order valence-electron chi connectivity index (χ0n) is 8.01. The van der Waals surface area contributed by atoms with Crippen molar-refractivity contribution in [2.75, 3.05) is 6.61 Å². The topological polar surface area (TPSA) is 55.5 Å². The summed E-state index contributed by atoms with van der Waals surface area (Å²) in [6, 6.07) is 1.88. The van der Waals surface area contributed by atoms with Crippen LogP contribution in [0.2, 0.25) is 0 Å². The minimum absolute atomic E-state index is 0.0163. The zero-order chi connectivity index (χ0) is 12.3. The second-order valence-corrected chi connectivity index (χ2v) is 3.93. The van der Waals surface area contributed by atoms with Crippen LogP contribution in [0, 0.1) is 0 Å². The lowest BCUT2D eigenvalue weighted by Gasteiger charge is -2.13. The van der Waals surface area contributed by atoms with Gasteiger partial charge in [-0.1, -0.05) is 0 Å². The van der Waals surface area contributed by atoms with E-state index in [-0.39, 0.29) is 23.1 Å². The summed E-state index contributed by atoms with van der Waals surface area (Å²) in [5.74, 6) is 4.31. The van der Waals surface area contributed by atoms with Gasteiger partial charge in [-0.2, -0.15) is 13.2 Å². The third-order valence-electron chi connectivity index (χ3n) is 1.97. The van der Waals surface area contributed by atoms with E-state index in [4.69, 9.17) is 5.90 Å². The minimum atomic E-state index is -4.51. The van der Waals surface area contributed by atoms with Crippen LogP contribution in [0.1, 0.15) is 11.1 Å². The van der Waals surface area contributed by atoms with Gasteiger partial charge in [0.25, 0.3) is 0 Å². The molecule has 0 atom stereocenters. The highest BCUT2D eigenvalue weighted by atomic mass is 79.9. The van der Waals surface area contributed by atoms with Gasteiger partial charge in [-0.25, -0.2) is 5.90 Å². The molecule has 0 radical (unpaired) electrons. The third-order valence-corrected chi connectivity index (χ3v) is 2.60. The van der Waals surface area contributed by atoms with E-state index in [0.717, 1.165) is 0 Å². The molecule has 0 unspecified atom stereocenters. The molecular weight excluding hydrogens is 291 g/mol. The van der Waals surface area contributed by atoms with Crippen LogP contribution in [0.15, 0.2) is 16.6 Å². The molecular formula is C9H9BrF3NO2. The van der Waals surface area contributed by atoms with Crippen molar-refractivity contribution < 1.29 is 23.1 Å². The normalized spacial score (nSPS) is 11.8. The Hall–Kier alpha value is -0.790. The van der Waals surface area contributed by atoms with Crippen molar-refractivity contribution in [1.82, 2.24) is 0 Å². The Bertz CT molecular complexity index is 382. The summed E-state index contributed by atoms with van der Waals surface area (Å²) >= 11 is 2.95. The highest BCUT2D eigenvalue weighted by Crippen LogP contribution is 2.37. The first kappa shape index (κ1) is 13.3. The van der Waals surface area contributed by atoms with Crippen molar-refractivity contribution >= 4 is 15.9 Å². The van der Waals surface area contributed by atoms with Gasteiger partial charge in [0.2, 0.25) is 0 Å². The Kier molecular flexibility index (Phi) is 4.17. The number of alkyl halides is 3. The van der Waals surface area contributed by atoms with E-state index in [1.807, 2.05) is 0 Å². The summed E-state index contributed by atoms with van der Waals surface area (Å²) in [6.07, 6.45) is -4.49. The molecule has 1 aromatic carbocycles. The van der Waals surface area contributed by atoms with E-state index in [1.165, 1.54) is 6.07 Å². The smallest absolute Gasteiger partial charge is 0.416 e. The van der Waals surface area contributed by atoms with E-state index in [1.54, 1.807) is 0 Å². The number of phenols is 1. The van der Waals surface area contributed by atoms with Gasteiger partial charge < -0.3 is 9.94 Å². The van der Waals surface area contributed by atoms with Crippen molar-refractivity contribution in [3.63, 3.8) is 0 Å². The fourth-order valence-corrected chi connectivity index (χ4v) is 1.63. The maximum Gasteiger partial charge on any atom is 0.416 e. The van der Waals surface area contributed by atoms with Gasteiger partial charge >= 0.3 is 6.18 Å². The maximum atomic E-state index is 12.6. The number of hydrogen-bond donors (Lipinski definition) is 2. The summed E-state index contributed by atoms with van der Waals surface area (Å²) in [5, 5.41) is 9.21. The maximum absolute atomic E-state index is 12.6. The molecule has 0 aromatic heterocycles. The molecule has 0 spiro atoms. The third kappa shape index (κ3) is 3.10. The number of benzene rings is 1. The number of phenolic OH excluding ortho intramolecular Hbond substituents is 1. The van der Waals surface area contributed by atoms with Gasteiger partial charge in [0.05, 0.1) is 16.6 Å². The van der Waals surface area contributed by atoms with Gasteiger partial charge in [-0.05, 0) is 40.0 Å². The van der Waals surface area contributed by atoms with Gasteiger partial charge in [0.15, 0.2) is 0 Å². The van der Waals surface area contributed by atoms with Crippen LogP contribution in [-0.2, 0) is 17.4 Å². The Morgan fingerprint density at radius 1 is 1.38 bits per heavy atom. The molecule has 0 aliphatic rings. The van der Waals surface area contributed by atoms with Crippen LogP contribution < -0.4 is 5.90 Å². The standard InChI is InChI=1S/C9H9BrF3NO2/c10-7-3-5(1-2-16-14)6(4-8(7)15)9(11,12)13/h3-4,15H,1-2,14H2. The first-order chi connectivity index (χ1) is 7.36. The average molecular weight is 300 g/mol. The van der Waals surface area contributed by atoms with Crippen LogP contribution >= 0.6 is 15.9 Å². The lowest BCUT2D eigenvalue weighted by molar-refractivity contribution is -0.138. The highest BCUT2D eigenvalue weighted by molar-refractivity contribution is 9.10. The summed E-state index contributed by atoms with van der Waals surface area (Å²) in [6.45, 7) is -0.0275. The predicted molar refractivity (Wildman–Crippen MR) is 54.7 cm³/mol. The summed E-state index contributed by atoms with van der Waals surface area (Å²) in [7, 11) is 0. The first-order valence-electron chi connectivity index (χ1n) is 4.26. The molecule has 7 heteroatoms. The van der Waals surface area contributed by atoms with Gasteiger partial charge in [0.1, 0.15) is 5.75 Å². The summed E-state index contributed by atoms with van der Waals surface area (Å²) in [5.41, 5.74) is -0.868. The molecule has 1 rings (SSSR count). The van der Waals surface area contributed by atoms with E-state index in [9.17, 15) is 18.3 Å². The van der Waals surface area contributed by atoms with Gasteiger partial charge in [0, 0.05) is 0 Å². The number of hydrogen-bond acceptors (Lipinski definition) is 3. The Morgan fingerprint density at radius 2 is 2.00 bits per heavy atom. The van der Waals surface area contributed by atoms with E-state index in [0.29, 0.717) is 6.07 Å². The second-order valence-electron chi connectivity index (χ2n) is 3.08. The molecule has 3 N–H and O–H groups in total. The highest BCUT2D eigenvalue weighted by Gasteiger charge is 2.34. The van der Waals surface area contributed by atoms with Crippen LogP contribution in [0.3, 0.4) is 0 Å². The molecule has 0 fully saturated rings. The molecule has 0 heterocycles. The average Bonchev–Trinajstić information content (AvgIpc) is 2.17. The Labute approximate surface area is 98.1 Å². The number of rotatable bonds is 3. The minimum Gasteiger partial charge on any atom is -0.507 e. The molecule has 1 aromatic rings. The SMILES string of the molecule is NOCCc1cc(Br)c(O)cc1C(F)(F)F. The van der Waals surface area contributed by atoms with Crippen LogP contribution in [0.4, 0.5) is 13.2 Å². The van der Waals surface area contributed by atoms with E-state index < -0.39 is 17.5 Å². The van der Waals surface area contributed by atoms with Gasteiger partial charge in [-0.3, -0.25) is 0 Å². The van der Waals surface area contributed by atoms with E-state index >= 15 is 0 Å². The van der Waals surface area contributed by atoms with Crippen molar-refractivity contribution in [2.45, 2.75) is 12.6 Å². The van der Waals surface area contributed by atoms with Crippen molar-refractivity contribution in [2.24, 2.45) is 5.90 Å². The van der Waals surface area contributed by atoms with Crippen molar-refractivity contribution in [3.05, 3.63) is 27.7 Å². The number of nitrogens with two attached hydrogens (primary N) is 1. The molecule has 0 bridgehead atoms. The molecule has 0 saturated carbocycles. The van der Waals surface area contributed by atoms with Crippen LogP contribution in [0.25, 0.3) is 0 Å². The predicted octanol–water partition coefficient (Wildman–Crippen LogP) is 2.61. The molecule has 90 valence electrons. The number of halogens is 4. The molecule has 0 aliphatic heterocycles. The summed E-state index contributed by atoms with van der Waals surface area (Å²) in [4.78, 5) is 4.24. The van der Waals surface area contributed by atoms with Crippen molar-refractivity contribution in [1.29, 1.82) is 0 Å². The Balaban J connectivity index is 3.17.